The van der Waals surface area contributed by atoms with Crippen molar-refractivity contribution in [1.29, 1.82) is 0 Å². The molecular formula is C70H64N8O16P2. The van der Waals surface area contributed by atoms with Gasteiger partial charge in [-0.1, -0.05) is 121 Å². The average molecular weight is 1340 g/mol. The van der Waals surface area contributed by atoms with Crippen molar-refractivity contribution in [3.63, 3.8) is 0 Å². The molecule has 0 spiro atoms. The summed E-state index contributed by atoms with van der Waals surface area (Å²) in [5.74, 6) is -11.9. The Bertz CT molecular complexity index is 4360. The van der Waals surface area contributed by atoms with Gasteiger partial charge in [-0.3, -0.25) is 38.4 Å². The van der Waals surface area contributed by atoms with E-state index in [0.29, 0.717) is 10.6 Å². The molecule has 96 heavy (non-hydrogen) atoms. The van der Waals surface area contributed by atoms with E-state index in [4.69, 9.17) is 18.9 Å². The van der Waals surface area contributed by atoms with Gasteiger partial charge in [-0.2, -0.15) is 0 Å². The molecule has 490 valence electrons. The maximum Gasteiger partial charge on any atom is 0.328 e. The Morgan fingerprint density at radius 2 is 0.500 bits per heavy atom. The molecule has 26 heteroatoms. The van der Waals surface area contributed by atoms with Crippen LogP contribution < -0.4 is 54.1 Å². The van der Waals surface area contributed by atoms with Gasteiger partial charge in [-0.05, 0) is 125 Å². The number of esters is 4. The van der Waals surface area contributed by atoms with E-state index < -0.39 is 133 Å². The Labute approximate surface area is 549 Å². The van der Waals surface area contributed by atoms with E-state index in [9.17, 15) is 19.2 Å². The summed E-state index contributed by atoms with van der Waals surface area (Å²) in [6.45, 7) is 5.69. The van der Waals surface area contributed by atoms with Crippen molar-refractivity contribution in [3.05, 3.63) is 256 Å². The van der Waals surface area contributed by atoms with Gasteiger partial charge in [0.2, 0.25) is 0 Å². The zero-order valence-corrected chi connectivity index (χ0v) is 54.8. The molecule has 2 aromatic heterocycles. The number of ether oxygens (including phenoxy) is 4. The van der Waals surface area contributed by atoms with Gasteiger partial charge in [0.25, 0.3) is 45.9 Å². The number of benzene rings is 7. The summed E-state index contributed by atoms with van der Waals surface area (Å²) in [4.78, 5) is 177. The number of carbonyl (C=O) groups excluding carboxylic acids is 8. The van der Waals surface area contributed by atoms with Crippen LogP contribution in [0.3, 0.4) is 0 Å². The SMILES string of the molecule is COC(=O)[C@H](C)NC(=O)c1ccccc1[C@@H]1n2c(=O)c3ccccc3c(=O)n2[C@@H](c2ccccc2C(=O)N[C@@H](C)C(=O)OC)P1c1ccccc1P1[C@H](c2ccccc2C(=O)N[C@@H](C)C(=O)OC)n2c(=O)c3ccccc3c(=O)n2[C@H]1c1ccccc1C(=O)N[C@@H](C)C(=O)OC. The molecule has 7 aromatic carbocycles. The van der Waals surface area contributed by atoms with Crippen LogP contribution in [0, 0.1) is 0 Å². The molecule has 9 aromatic rings. The molecule has 0 bridgehead atoms. The topological polar surface area (TPSA) is 310 Å². The molecule has 2 aliphatic rings. The zero-order valence-electron chi connectivity index (χ0n) is 53.0. The normalized spacial score (nSPS) is 17.0. The lowest BCUT2D eigenvalue weighted by Crippen LogP contribution is -2.41. The molecule has 0 fully saturated rings. The highest BCUT2D eigenvalue weighted by molar-refractivity contribution is 7.72. The van der Waals surface area contributed by atoms with Crippen LogP contribution in [0.1, 0.15) is 115 Å². The van der Waals surface area contributed by atoms with Gasteiger partial charge in [0.15, 0.2) is 0 Å². The van der Waals surface area contributed by atoms with Crippen molar-refractivity contribution < 1.29 is 57.3 Å². The van der Waals surface area contributed by atoms with Crippen LogP contribution in [0.5, 0.6) is 0 Å². The maximum absolute atomic E-state index is 16.1. The number of aromatic nitrogens is 4. The number of rotatable bonds is 18. The largest absolute Gasteiger partial charge is 0.467 e. The Kier molecular flexibility index (Phi) is 19.1. The molecule has 0 unspecified atom stereocenters. The molecule has 0 saturated heterocycles. The molecule has 11 rings (SSSR count). The second-order valence-corrected chi connectivity index (χ2v) is 27.3. The minimum atomic E-state index is -2.55. The second-order valence-electron chi connectivity index (χ2n) is 22.7. The van der Waals surface area contributed by atoms with Crippen LogP contribution in [0.4, 0.5) is 0 Å². The summed E-state index contributed by atoms with van der Waals surface area (Å²) in [5, 5.41) is 11.5. The molecule has 4 N–H and O–H groups in total. The highest BCUT2D eigenvalue weighted by Gasteiger charge is 2.53. The van der Waals surface area contributed by atoms with Gasteiger partial charge >= 0.3 is 23.9 Å². The lowest BCUT2D eigenvalue weighted by atomic mass is 10.1. The number of methoxy groups -OCH3 is 4. The number of nitrogens with one attached hydrogen (secondary N) is 4. The third-order valence-electron chi connectivity index (χ3n) is 17.0. The van der Waals surface area contributed by atoms with Gasteiger partial charge in [0.05, 0.1) is 50.0 Å². The Balaban J connectivity index is 1.31. The van der Waals surface area contributed by atoms with Crippen LogP contribution in [0.2, 0.25) is 0 Å². The summed E-state index contributed by atoms with van der Waals surface area (Å²) in [6.07, 6.45) is 0. The lowest BCUT2D eigenvalue weighted by molar-refractivity contribution is -0.143. The summed E-state index contributed by atoms with van der Waals surface area (Å²) in [5.41, 5.74) is -2.42. The zero-order chi connectivity index (χ0) is 68.5. The predicted octanol–water partition coefficient (Wildman–Crippen LogP) is 5.63. The molecule has 24 nitrogen and oxygen atoms in total. The number of nitrogens with zero attached hydrogens (tertiary/aromatic N) is 4. The van der Waals surface area contributed by atoms with E-state index in [1.807, 2.05) is 0 Å². The Morgan fingerprint density at radius 3 is 0.708 bits per heavy atom. The average Bonchev–Trinajstić information content (AvgIpc) is 1.54. The summed E-state index contributed by atoms with van der Waals surface area (Å²) >= 11 is 0. The molecule has 0 aliphatic carbocycles. The van der Waals surface area contributed by atoms with E-state index in [2.05, 4.69) is 21.3 Å². The number of hydrogen-bond acceptors (Lipinski definition) is 16. The Hall–Kier alpha value is -11.0. The standard InChI is InChI=1S/C70H64N8O16P2/c1-37(67(87)91-5)71-55(79)41-23-9-17-31-49(41)63-75-59(83)45-27-13-14-28-46(45)60(84)76(75)64(50-32-18-10-24-42(50)56(80)72-38(2)68(88)92-6)95(63)53-35-21-22-36-54(53)96-65(51-33-19-11-25-43(51)57(81)73-39(3)69(89)93-7)77-61(85)47-29-15-16-30-48(47)62(86)78(77)66(96)52-34-20-12-26-44(52)58(82)74-40(4)70(90)94-8/h9-40,63-66H,1-8H3,(H,71,79)(H,72,80)(H,73,81)(H,74,82)/t37-,38-,39-,40-,63+,64+,65+,66+/m0/s1. The van der Waals surface area contributed by atoms with Gasteiger partial charge in [-0.15, -0.1) is 0 Å². The van der Waals surface area contributed by atoms with Crippen LogP contribution in [0.15, 0.2) is 189 Å². The summed E-state index contributed by atoms with van der Waals surface area (Å²) in [6, 6.07) is 39.6. The fourth-order valence-electron chi connectivity index (χ4n) is 12.6. The second kappa shape index (κ2) is 27.5. The third-order valence-corrected chi connectivity index (χ3v) is 23.2. The van der Waals surface area contributed by atoms with Crippen LogP contribution in [-0.4, -0.2) is 119 Å². The summed E-state index contributed by atoms with van der Waals surface area (Å²) < 4.78 is 25.1. The minimum Gasteiger partial charge on any atom is -0.467 e. The van der Waals surface area contributed by atoms with Gasteiger partial charge < -0.3 is 40.2 Å². The smallest absolute Gasteiger partial charge is 0.328 e. The molecular weight excluding hydrogens is 1270 g/mol. The van der Waals surface area contributed by atoms with Crippen LogP contribution in [0.25, 0.3) is 21.5 Å². The summed E-state index contributed by atoms with van der Waals surface area (Å²) in [7, 11) is -0.455. The first-order chi connectivity index (χ1) is 46.2. The fourth-order valence-corrected chi connectivity index (χ4v) is 19.9. The quantitative estimate of drug-likeness (QED) is 0.0459. The Morgan fingerprint density at radius 1 is 0.312 bits per heavy atom. The first-order valence-corrected chi connectivity index (χ1v) is 33.2. The third kappa shape index (κ3) is 11.8. The number of amides is 4. The van der Waals surface area contributed by atoms with Crippen LogP contribution in [-0.2, 0) is 38.1 Å². The lowest BCUT2D eigenvalue weighted by Gasteiger charge is -2.33. The number of fused-ring (bicyclic) bond motifs is 4. The fraction of sp³-hybridized carbons (Fsp3) is 0.229. The van der Waals surface area contributed by atoms with Crippen molar-refractivity contribution in [2.75, 3.05) is 28.4 Å². The van der Waals surface area contributed by atoms with Gasteiger partial charge in [0.1, 0.15) is 47.3 Å². The van der Waals surface area contributed by atoms with Crippen molar-refractivity contribution in [2.24, 2.45) is 0 Å². The predicted molar refractivity (Wildman–Crippen MR) is 359 cm³/mol. The van der Waals surface area contributed by atoms with E-state index in [-0.39, 0.29) is 66.1 Å². The molecule has 4 amide bonds. The number of hydrogen-bond donors (Lipinski definition) is 4. The van der Waals surface area contributed by atoms with Gasteiger partial charge in [-0.25, -0.2) is 37.9 Å². The van der Waals surface area contributed by atoms with Crippen molar-refractivity contribution in [3.8, 4) is 0 Å². The van der Waals surface area contributed by atoms with Crippen molar-refractivity contribution in [2.45, 2.75) is 75.0 Å². The first-order valence-electron chi connectivity index (χ1n) is 30.3. The molecule has 2 aliphatic heterocycles. The van der Waals surface area contributed by atoms with E-state index in [1.54, 1.807) is 121 Å². The number of carbonyl (C=O) groups is 8. The molecule has 4 heterocycles. The maximum atomic E-state index is 16.1. The monoisotopic (exact) mass is 1330 g/mol. The van der Waals surface area contributed by atoms with Crippen molar-refractivity contribution in [1.82, 2.24) is 40.0 Å². The van der Waals surface area contributed by atoms with E-state index >= 15 is 38.4 Å². The van der Waals surface area contributed by atoms with Gasteiger partial charge in [0, 0.05) is 22.3 Å². The van der Waals surface area contributed by atoms with E-state index in [1.165, 1.54) is 95.0 Å². The van der Waals surface area contributed by atoms with Crippen LogP contribution >= 0.6 is 15.8 Å². The van der Waals surface area contributed by atoms with E-state index in [0.717, 1.165) is 28.4 Å². The minimum absolute atomic E-state index is 0.0128. The molecule has 8 atom stereocenters. The molecule has 0 radical (unpaired) electrons. The highest BCUT2D eigenvalue weighted by Crippen LogP contribution is 2.70. The first kappa shape index (κ1) is 66.5. The highest BCUT2D eigenvalue weighted by atomic mass is 31.1. The van der Waals surface area contributed by atoms with Crippen molar-refractivity contribution >= 4 is 95.5 Å². The molecule has 0 saturated carbocycles.